The zero-order valence-electron chi connectivity index (χ0n) is 17.3. The Morgan fingerprint density at radius 1 is 1.06 bits per heavy atom. The second-order valence-corrected chi connectivity index (χ2v) is 9.17. The van der Waals surface area contributed by atoms with E-state index in [-0.39, 0.29) is 28.0 Å². The van der Waals surface area contributed by atoms with Gasteiger partial charge in [0.1, 0.15) is 18.1 Å². The summed E-state index contributed by atoms with van der Waals surface area (Å²) in [5.41, 5.74) is 1.07. The Balaban J connectivity index is 1.82. The second-order valence-electron chi connectivity index (χ2n) is 6.87. The van der Waals surface area contributed by atoms with Crippen LogP contribution < -0.4 is 14.4 Å². The molecule has 0 saturated heterocycles. The van der Waals surface area contributed by atoms with E-state index in [1.807, 2.05) is 0 Å². The molecule has 0 atom stereocenters. The lowest BCUT2D eigenvalue weighted by atomic mass is 10.1. The molecule has 0 heterocycles. The molecule has 0 aliphatic heterocycles. The highest BCUT2D eigenvalue weighted by Gasteiger charge is 2.29. The molecule has 6 nitrogen and oxygen atoms in total. The summed E-state index contributed by atoms with van der Waals surface area (Å²) in [6.45, 7) is -0.194. The van der Waals surface area contributed by atoms with E-state index in [4.69, 9.17) is 16.3 Å². The van der Waals surface area contributed by atoms with Gasteiger partial charge in [-0.05, 0) is 54.4 Å². The van der Waals surface area contributed by atoms with Gasteiger partial charge in [-0.3, -0.25) is 9.10 Å². The van der Waals surface area contributed by atoms with Crippen molar-refractivity contribution in [3.63, 3.8) is 0 Å². The van der Waals surface area contributed by atoms with Crippen LogP contribution in [0.5, 0.6) is 5.75 Å². The van der Waals surface area contributed by atoms with Crippen molar-refractivity contribution >= 4 is 33.2 Å². The van der Waals surface area contributed by atoms with Crippen LogP contribution >= 0.6 is 11.6 Å². The number of hydrogen-bond donors (Lipinski definition) is 1. The van der Waals surface area contributed by atoms with Crippen molar-refractivity contribution in [1.29, 1.82) is 0 Å². The number of nitrogens with zero attached hydrogens (tertiary/aromatic N) is 1. The molecule has 0 aliphatic rings. The van der Waals surface area contributed by atoms with Gasteiger partial charge in [0.25, 0.3) is 10.0 Å². The first kappa shape index (κ1) is 23.6. The lowest BCUT2D eigenvalue weighted by molar-refractivity contribution is -0.119. The zero-order chi connectivity index (χ0) is 23.1. The van der Waals surface area contributed by atoms with Crippen molar-refractivity contribution in [2.24, 2.45) is 0 Å². The van der Waals surface area contributed by atoms with E-state index in [1.165, 1.54) is 37.4 Å². The normalized spacial score (nSPS) is 11.1. The minimum atomic E-state index is -4.12. The molecule has 32 heavy (non-hydrogen) atoms. The van der Waals surface area contributed by atoms with Crippen molar-refractivity contribution in [1.82, 2.24) is 5.32 Å². The standard InChI is InChI=1S/C23H22ClFN2O4S/c1-31-22-8-3-2-7-21(22)27(32(29,30)20-6-4-5-18(24)15-20)16-23(28)26-14-13-17-9-11-19(25)12-10-17/h2-12,15H,13-14,16H2,1H3,(H,26,28). The van der Waals surface area contributed by atoms with E-state index in [0.29, 0.717) is 12.2 Å². The Morgan fingerprint density at radius 3 is 2.47 bits per heavy atom. The van der Waals surface area contributed by atoms with Crippen LogP contribution in [-0.2, 0) is 21.2 Å². The fourth-order valence-corrected chi connectivity index (χ4v) is 4.81. The molecule has 0 bridgehead atoms. The lowest BCUT2D eigenvalue weighted by Gasteiger charge is -2.25. The van der Waals surface area contributed by atoms with E-state index in [0.717, 1.165) is 9.87 Å². The molecule has 0 unspecified atom stereocenters. The highest BCUT2D eigenvalue weighted by Crippen LogP contribution is 2.32. The smallest absolute Gasteiger partial charge is 0.264 e. The number of carbonyl (C=O) groups excluding carboxylic acids is 1. The largest absolute Gasteiger partial charge is 0.495 e. The Kier molecular flexibility index (Phi) is 7.71. The maximum Gasteiger partial charge on any atom is 0.264 e. The Bertz CT molecular complexity index is 1190. The maximum absolute atomic E-state index is 13.4. The second kappa shape index (κ2) is 10.5. The van der Waals surface area contributed by atoms with Crippen LogP contribution in [0.15, 0.2) is 77.7 Å². The summed E-state index contributed by atoms with van der Waals surface area (Å²) in [6.07, 6.45) is 0.474. The maximum atomic E-state index is 13.4. The van der Waals surface area contributed by atoms with E-state index in [9.17, 15) is 17.6 Å². The first-order valence-corrected chi connectivity index (χ1v) is 11.6. The molecule has 0 saturated carbocycles. The van der Waals surface area contributed by atoms with Gasteiger partial charge in [-0.2, -0.15) is 0 Å². The predicted molar refractivity (Wildman–Crippen MR) is 122 cm³/mol. The molecular formula is C23H22ClFN2O4S. The van der Waals surface area contributed by atoms with Crippen molar-refractivity contribution < 1.29 is 22.3 Å². The van der Waals surface area contributed by atoms with Crippen LogP contribution in [0, 0.1) is 5.82 Å². The third kappa shape index (κ3) is 5.77. The molecule has 0 aromatic heterocycles. The average Bonchev–Trinajstić information content (AvgIpc) is 2.78. The molecule has 3 rings (SSSR count). The first-order chi connectivity index (χ1) is 15.3. The topological polar surface area (TPSA) is 75.7 Å². The quantitative estimate of drug-likeness (QED) is 0.505. The van der Waals surface area contributed by atoms with Crippen molar-refractivity contribution in [2.75, 3.05) is 24.5 Å². The summed E-state index contributed by atoms with van der Waals surface area (Å²) in [5.74, 6) is -0.530. The van der Waals surface area contributed by atoms with Gasteiger partial charge in [-0.25, -0.2) is 12.8 Å². The summed E-state index contributed by atoms with van der Waals surface area (Å²) in [7, 11) is -2.70. The molecule has 1 amide bonds. The number of ether oxygens (including phenoxy) is 1. The minimum Gasteiger partial charge on any atom is -0.495 e. The average molecular weight is 477 g/mol. The molecular weight excluding hydrogens is 455 g/mol. The van der Waals surface area contributed by atoms with Crippen LogP contribution in [-0.4, -0.2) is 34.5 Å². The van der Waals surface area contributed by atoms with Gasteiger partial charge < -0.3 is 10.1 Å². The number of sulfonamides is 1. The van der Waals surface area contributed by atoms with Gasteiger partial charge in [0.15, 0.2) is 0 Å². The fraction of sp³-hybridized carbons (Fsp3) is 0.174. The molecule has 3 aromatic carbocycles. The molecule has 1 N–H and O–H groups in total. The van der Waals surface area contributed by atoms with Gasteiger partial charge >= 0.3 is 0 Å². The Labute approximate surface area is 191 Å². The molecule has 0 aliphatic carbocycles. The number of anilines is 1. The number of benzene rings is 3. The summed E-state index contributed by atoms with van der Waals surface area (Å²) in [5, 5.41) is 2.97. The molecule has 0 spiro atoms. The van der Waals surface area contributed by atoms with Gasteiger partial charge in [0.05, 0.1) is 17.7 Å². The van der Waals surface area contributed by atoms with E-state index in [1.54, 1.807) is 42.5 Å². The summed E-state index contributed by atoms with van der Waals surface area (Å²) < 4.78 is 46.2. The Morgan fingerprint density at radius 2 is 1.78 bits per heavy atom. The SMILES string of the molecule is COc1ccccc1N(CC(=O)NCCc1ccc(F)cc1)S(=O)(=O)c1cccc(Cl)c1. The number of carbonyl (C=O) groups is 1. The van der Waals surface area contributed by atoms with Crippen LogP contribution in [0.25, 0.3) is 0 Å². The minimum absolute atomic E-state index is 0.0463. The van der Waals surface area contributed by atoms with E-state index >= 15 is 0 Å². The zero-order valence-corrected chi connectivity index (χ0v) is 18.9. The molecule has 168 valence electrons. The number of nitrogens with one attached hydrogen (secondary N) is 1. The van der Waals surface area contributed by atoms with Crippen LogP contribution in [0.4, 0.5) is 10.1 Å². The number of methoxy groups -OCH3 is 1. The van der Waals surface area contributed by atoms with E-state index < -0.39 is 22.5 Å². The van der Waals surface area contributed by atoms with Crippen molar-refractivity contribution in [2.45, 2.75) is 11.3 Å². The predicted octanol–water partition coefficient (Wildman–Crippen LogP) is 4.04. The van der Waals surface area contributed by atoms with E-state index in [2.05, 4.69) is 5.32 Å². The first-order valence-electron chi connectivity index (χ1n) is 9.74. The highest BCUT2D eigenvalue weighted by molar-refractivity contribution is 7.92. The van der Waals surface area contributed by atoms with Crippen LogP contribution in [0.1, 0.15) is 5.56 Å². The summed E-state index contributed by atoms with van der Waals surface area (Å²) >= 11 is 5.99. The van der Waals surface area contributed by atoms with Gasteiger partial charge in [-0.1, -0.05) is 41.9 Å². The molecule has 0 fully saturated rings. The van der Waals surface area contributed by atoms with Crippen LogP contribution in [0.2, 0.25) is 5.02 Å². The molecule has 9 heteroatoms. The van der Waals surface area contributed by atoms with Crippen LogP contribution in [0.3, 0.4) is 0 Å². The number of amides is 1. The van der Waals surface area contributed by atoms with Gasteiger partial charge in [-0.15, -0.1) is 0 Å². The third-order valence-corrected chi connectivity index (χ3v) is 6.67. The number of hydrogen-bond acceptors (Lipinski definition) is 4. The lowest BCUT2D eigenvalue weighted by Crippen LogP contribution is -2.41. The Hall–Kier alpha value is -3.10. The summed E-state index contributed by atoms with van der Waals surface area (Å²) in [6, 6.07) is 18.3. The third-order valence-electron chi connectivity index (χ3n) is 4.67. The summed E-state index contributed by atoms with van der Waals surface area (Å²) in [4.78, 5) is 12.6. The highest BCUT2D eigenvalue weighted by atomic mass is 35.5. The van der Waals surface area contributed by atoms with Gasteiger partial charge in [0.2, 0.25) is 5.91 Å². The van der Waals surface area contributed by atoms with Crippen molar-refractivity contribution in [3.8, 4) is 5.75 Å². The molecule has 3 aromatic rings. The number of rotatable bonds is 9. The van der Waals surface area contributed by atoms with Gasteiger partial charge in [0, 0.05) is 11.6 Å². The van der Waals surface area contributed by atoms with Crippen molar-refractivity contribution in [3.05, 3.63) is 89.2 Å². The fourth-order valence-electron chi connectivity index (χ4n) is 3.07. The molecule has 0 radical (unpaired) electrons. The number of halogens is 2. The monoisotopic (exact) mass is 476 g/mol. The number of para-hydroxylation sites is 2.